The van der Waals surface area contributed by atoms with E-state index in [0.29, 0.717) is 30.6 Å². The van der Waals surface area contributed by atoms with E-state index in [1.165, 1.54) is 23.1 Å². The first-order valence-corrected chi connectivity index (χ1v) is 12.0. The van der Waals surface area contributed by atoms with E-state index in [-0.39, 0.29) is 11.9 Å². The highest BCUT2D eigenvalue weighted by Crippen LogP contribution is 2.38. The molecule has 4 heterocycles. The molecule has 0 saturated carbocycles. The minimum atomic E-state index is 0.0730. The highest BCUT2D eigenvalue weighted by molar-refractivity contribution is 8.01. The molecule has 2 aliphatic rings. The van der Waals surface area contributed by atoms with Gasteiger partial charge in [0.25, 0.3) is 0 Å². The van der Waals surface area contributed by atoms with Gasteiger partial charge in [0.05, 0.1) is 24.6 Å². The number of nitrogens with zero attached hydrogens (tertiary/aromatic N) is 3. The Kier molecular flexibility index (Phi) is 5.99. The van der Waals surface area contributed by atoms with Crippen LogP contribution in [0.25, 0.3) is 0 Å². The van der Waals surface area contributed by atoms with Crippen molar-refractivity contribution in [3.05, 3.63) is 47.9 Å². The molecule has 2 aromatic heterocycles. The zero-order valence-corrected chi connectivity index (χ0v) is 18.4. The third kappa shape index (κ3) is 4.64. The first-order valence-electron chi connectivity index (χ1n) is 10.2. The molecule has 1 unspecified atom stereocenters. The number of likely N-dealkylation sites (tertiary alicyclic amines) is 1. The van der Waals surface area contributed by atoms with E-state index < -0.39 is 0 Å². The molecule has 1 atom stereocenters. The Hall–Kier alpha value is -2.72. The number of hydrogen-bond acceptors (Lipinski definition) is 9. The number of carbonyl (C=O) groups excluding carboxylic acids is 1. The summed E-state index contributed by atoms with van der Waals surface area (Å²) in [4.78, 5) is 14.9. The number of fused-ring (bicyclic) bond motifs is 1. The molecule has 1 aromatic carbocycles. The van der Waals surface area contributed by atoms with Crippen LogP contribution in [0.3, 0.4) is 0 Å². The first kappa shape index (κ1) is 20.2. The topological polar surface area (TPSA) is 89.7 Å². The van der Waals surface area contributed by atoms with E-state index in [0.717, 1.165) is 46.5 Å². The van der Waals surface area contributed by atoms with E-state index in [1.54, 1.807) is 6.26 Å². The van der Waals surface area contributed by atoms with Gasteiger partial charge in [-0.05, 0) is 42.7 Å². The highest BCUT2D eigenvalue weighted by Gasteiger charge is 2.31. The molecule has 1 N–H and O–H groups in total. The summed E-state index contributed by atoms with van der Waals surface area (Å²) in [5.41, 5.74) is 1.10. The van der Waals surface area contributed by atoms with Gasteiger partial charge in [0.1, 0.15) is 19.0 Å². The van der Waals surface area contributed by atoms with Crippen molar-refractivity contribution in [2.75, 3.05) is 30.8 Å². The second-order valence-electron chi connectivity index (χ2n) is 7.24. The predicted molar refractivity (Wildman–Crippen MR) is 118 cm³/mol. The lowest BCUT2D eigenvalue weighted by atomic mass is 10.0. The predicted octanol–water partition coefficient (Wildman–Crippen LogP) is 3.97. The van der Waals surface area contributed by atoms with Crippen molar-refractivity contribution in [3.8, 4) is 11.5 Å². The van der Waals surface area contributed by atoms with Gasteiger partial charge in [-0.2, -0.15) is 0 Å². The number of thioether (sulfide) groups is 1. The molecule has 10 heteroatoms. The Morgan fingerprint density at radius 1 is 1.23 bits per heavy atom. The zero-order valence-electron chi connectivity index (χ0n) is 16.8. The number of carbonyl (C=O) groups is 1. The van der Waals surface area contributed by atoms with E-state index in [9.17, 15) is 4.79 Å². The van der Waals surface area contributed by atoms with Gasteiger partial charge in [0.15, 0.2) is 15.8 Å². The number of aromatic nitrogens is 2. The van der Waals surface area contributed by atoms with Crippen molar-refractivity contribution in [2.45, 2.75) is 29.8 Å². The second-order valence-corrected chi connectivity index (χ2v) is 9.44. The van der Waals surface area contributed by atoms with Crippen molar-refractivity contribution in [1.29, 1.82) is 0 Å². The Labute approximate surface area is 187 Å². The smallest absolute Gasteiger partial charge is 0.233 e. The molecule has 0 spiro atoms. The number of hydrogen-bond donors (Lipinski definition) is 1. The summed E-state index contributed by atoms with van der Waals surface area (Å²) in [6.07, 6.45) is 3.59. The summed E-state index contributed by atoms with van der Waals surface area (Å²) in [7, 11) is 0. The summed E-state index contributed by atoms with van der Waals surface area (Å²) in [6, 6.07) is 9.82. The van der Waals surface area contributed by atoms with Gasteiger partial charge < -0.3 is 24.1 Å². The number of amides is 1. The van der Waals surface area contributed by atoms with Crippen molar-refractivity contribution in [2.24, 2.45) is 0 Å². The highest BCUT2D eigenvalue weighted by atomic mass is 32.2. The Morgan fingerprint density at radius 2 is 2.13 bits per heavy atom. The van der Waals surface area contributed by atoms with E-state index in [4.69, 9.17) is 13.9 Å². The van der Waals surface area contributed by atoms with Gasteiger partial charge in [0.2, 0.25) is 11.0 Å². The number of anilines is 1. The molecular weight excluding hydrogens is 436 g/mol. The fourth-order valence-electron chi connectivity index (χ4n) is 3.80. The van der Waals surface area contributed by atoms with Crippen LogP contribution in [0.15, 0.2) is 45.4 Å². The van der Waals surface area contributed by atoms with Crippen molar-refractivity contribution in [1.82, 2.24) is 15.1 Å². The van der Waals surface area contributed by atoms with Gasteiger partial charge in [-0.25, -0.2) is 0 Å². The quantitative estimate of drug-likeness (QED) is 0.532. The molecule has 0 bridgehead atoms. The average Bonchev–Trinajstić information content (AvgIpc) is 3.57. The first-order chi connectivity index (χ1) is 15.3. The Bertz CT molecular complexity index is 1040. The van der Waals surface area contributed by atoms with Crippen LogP contribution in [0.2, 0.25) is 0 Å². The van der Waals surface area contributed by atoms with Crippen LogP contribution in [0.5, 0.6) is 11.5 Å². The molecule has 5 rings (SSSR count). The summed E-state index contributed by atoms with van der Waals surface area (Å²) in [5, 5.41) is 12.2. The number of rotatable bonds is 7. The second kappa shape index (κ2) is 9.19. The molecule has 0 radical (unpaired) electrons. The molecule has 3 aromatic rings. The lowest BCUT2D eigenvalue weighted by Crippen LogP contribution is -2.32. The molecule has 2 aliphatic heterocycles. The van der Waals surface area contributed by atoms with Crippen molar-refractivity contribution >= 4 is 34.1 Å². The molecule has 1 amide bonds. The maximum atomic E-state index is 13.0. The van der Waals surface area contributed by atoms with E-state index >= 15 is 0 Å². The maximum absolute atomic E-state index is 13.0. The molecule has 1 fully saturated rings. The summed E-state index contributed by atoms with van der Waals surface area (Å²) < 4.78 is 17.4. The monoisotopic (exact) mass is 458 g/mol. The standard InChI is InChI=1S/C21H22N4O4S2/c26-19(13-30-21-24-23-20(31-21)22-12-15-3-2-8-27-15)25-7-1-4-16(25)14-5-6-17-18(11-14)29-10-9-28-17/h2-3,5-6,8,11,16H,1,4,7,9-10,12-13H2,(H,22,23). The van der Waals surface area contributed by atoms with Crippen LogP contribution in [-0.4, -0.2) is 46.5 Å². The van der Waals surface area contributed by atoms with Gasteiger partial charge in [-0.3, -0.25) is 4.79 Å². The van der Waals surface area contributed by atoms with Gasteiger partial charge in [0, 0.05) is 6.54 Å². The zero-order chi connectivity index (χ0) is 21.0. The summed E-state index contributed by atoms with van der Waals surface area (Å²) >= 11 is 2.86. The van der Waals surface area contributed by atoms with Gasteiger partial charge in [-0.15, -0.1) is 10.2 Å². The van der Waals surface area contributed by atoms with Crippen LogP contribution in [0.1, 0.15) is 30.2 Å². The van der Waals surface area contributed by atoms with Crippen LogP contribution in [0.4, 0.5) is 5.13 Å². The van der Waals surface area contributed by atoms with E-state index in [2.05, 4.69) is 15.5 Å². The maximum Gasteiger partial charge on any atom is 0.233 e. The Morgan fingerprint density at radius 3 is 3.00 bits per heavy atom. The summed E-state index contributed by atoms with van der Waals surface area (Å²) in [5.74, 6) is 2.82. The van der Waals surface area contributed by atoms with Gasteiger partial charge in [-0.1, -0.05) is 29.2 Å². The third-order valence-electron chi connectivity index (χ3n) is 5.24. The molecule has 0 aliphatic carbocycles. The third-order valence-corrected chi connectivity index (χ3v) is 7.24. The van der Waals surface area contributed by atoms with Crippen molar-refractivity contribution < 1.29 is 18.7 Å². The van der Waals surface area contributed by atoms with Crippen LogP contribution >= 0.6 is 23.1 Å². The molecule has 31 heavy (non-hydrogen) atoms. The fraction of sp³-hybridized carbons (Fsp3) is 0.381. The minimum absolute atomic E-state index is 0.0730. The van der Waals surface area contributed by atoms with Crippen LogP contribution in [-0.2, 0) is 11.3 Å². The van der Waals surface area contributed by atoms with Gasteiger partial charge >= 0.3 is 0 Å². The largest absolute Gasteiger partial charge is 0.486 e. The number of nitrogens with one attached hydrogen (secondary N) is 1. The SMILES string of the molecule is O=C(CSc1nnc(NCc2ccco2)s1)N1CCCC1c1ccc2c(c1)OCCO2. The lowest BCUT2D eigenvalue weighted by molar-refractivity contribution is -0.129. The normalized spacial score (nSPS) is 17.7. The minimum Gasteiger partial charge on any atom is -0.486 e. The number of furan rings is 1. The average molecular weight is 459 g/mol. The molecular formula is C21H22N4O4S2. The molecule has 162 valence electrons. The lowest BCUT2D eigenvalue weighted by Gasteiger charge is -2.26. The van der Waals surface area contributed by atoms with Crippen LogP contribution in [0, 0.1) is 0 Å². The van der Waals surface area contributed by atoms with E-state index in [1.807, 2.05) is 35.2 Å². The molecule has 8 nitrogen and oxygen atoms in total. The Balaban J connectivity index is 1.17. The fourth-order valence-corrected chi connectivity index (χ4v) is 5.43. The summed E-state index contributed by atoms with van der Waals surface area (Å²) in [6.45, 7) is 2.45. The number of ether oxygens (including phenoxy) is 2. The molecule has 1 saturated heterocycles. The van der Waals surface area contributed by atoms with Crippen LogP contribution < -0.4 is 14.8 Å². The van der Waals surface area contributed by atoms with Crippen molar-refractivity contribution in [3.63, 3.8) is 0 Å². The number of benzene rings is 1.